The smallest absolute Gasteiger partial charge is 0.350 e. The first-order chi connectivity index (χ1) is 17.7. The van der Waals surface area contributed by atoms with Gasteiger partial charge in [0.15, 0.2) is 16.7 Å². The monoisotopic (exact) mass is 516 g/mol. The maximum atomic E-state index is 13.8. The van der Waals surface area contributed by atoms with Crippen molar-refractivity contribution in [2.75, 3.05) is 12.0 Å². The van der Waals surface area contributed by atoms with Crippen LogP contribution in [0.1, 0.15) is 62.9 Å². The molecule has 9 heteroatoms. The minimum absolute atomic E-state index is 0.00627. The second-order valence-corrected chi connectivity index (χ2v) is 10.0. The molecule has 8 nitrogen and oxygen atoms in total. The molecule has 37 heavy (non-hydrogen) atoms. The molecule has 4 aromatic rings. The Kier molecular flexibility index (Phi) is 6.16. The molecule has 5 rings (SSSR count). The van der Waals surface area contributed by atoms with Gasteiger partial charge in [-0.15, -0.1) is 0 Å². The summed E-state index contributed by atoms with van der Waals surface area (Å²) >= 11 is 0.962. The molecule has 1 unspecified atom stereocenters. The fourth-order valence-corrected chi connectivity index (χ4v) is 5.42. The lowest BCUT2D eigenvalue weighted by Gasteiger charge is -2.24. The largest absolute Gasteiger partial charge is 0.503 e. The van der Waals surface area contributed by atoms with Crippen molar-refractivity contribution in [2.24, 2.45) is 0 Å². The number of aryl methyl sites for hydroxylation is 1. The highest BCUT2D eigenvalue weighted by Crippen LogP contribution is 2.44. The van der Waals surface area contributed by atoms with Crippen LogP contribution in [0.2, 0.25) is 0 Å². The highest BCUT2D eigenvalue weighted by atomic mass is 32.1. The summed E-state index contributed by atoms with van der Waals surface area (Å²) in [7, 11) is 1.26. The maximum Gasteiger partial charge on any atom is 0.350 e. The van der Waals surface area contributed by atoms with E-state index in [9.17, 15) is 19.5 Å². The summed E-state index contributed by atoms with van der Waals surface area (Å²) in [5.41, 5.74) is 2.46. The van der Waals surface area contributed by atoms with Gasteiger partial charge in [0, 0.05) is 5.39 Å². The number of carbonyl (C=O) groups is 3. The molecule has 0 fully saturated rings. The minimum atomic E-state index is -0.981. The number of amides is 1. The number of thiazole rings is 1. The van der Waals surface area contributed by atoms with E-state index in [1.807, 2.05) is 36.4 Å². The molecule has 1 amide bonds. The molecule has 1 atom stereocenters. The Bertz CT molecular complexity index is 1540. The van der Waals surface area contributed by atoms with Gasteiger partial charge in [-0.05, 0) is 36.1 Å². The van der Waals surface area contributed by atoms with Crippen LogP contribution in [0, 0.1) is 6.92 Å². The summed E-state index contributed by atoms with van der Waals surface area (Å²) in [6, 6.07) is 15.3. The molecule has 0 aliphatic carbocycles. The average molecular weight is 517 g/mol. The molecule has 1 N–H and O–H groups in total. The maximum absolute atomic E-state index is 13.8. The molecular formula is C28H24N2O6S. The Hall–Kier alpha value is -4.24. The molecule has 0 saturated heterocycles. The van der Waals surface area contributed by atoms with Crippen molar-refractivity contribution in [3.8, 4) is 0 Å². The number of aromatic nitrogens is 1. The number of anilines is 1. The molecule has 1 aliphatic heterocycles. The number of fused-ring (bicyclic) bond motifs is 1. The van der Waals surface area contributed by atoms with E-state index in [4.69, 9.17) is 9.15 Å². The second kappa shape index (κ2) is 9.33. The van der Waals surface area contributed by atoms with E-state index >= 15 is 0 Å². The summed E-state index contributed by atoms with van der Waals surface area (Å²) in [4.78, 5) is 45.3. The van der Waals surface area contributed by atoms with Crippen LogP contribution in [0.3, 0.4) is 0 Å². The third kappa shape index (κ3) is 4.11. The van der Waals surface area contributed by atoms with Gasteiger partial charge >= 0.3 is 5.97 Å². The molecule has 2 aromatic carbocycles. The van der Waals surface area contributed by atoms with Crippen molar-refractivity contribution < 1.29 is 28.6 Å². The van der Waals surface area contributed by atoms with Crippen molar-refractivity contribution in [3.05, 3.63) is 93.4 Å². The number of rotatable bonds is 6. The van der Waals surface area contributed by atoms with Gasteiger partial charge in [0.1, 0.15) is 10.5 Å². The van der Waals surface area contributed by atoms with Crippen molar-refractivity contribution in [1.29, 1.82) is 0 Å². The number of nitrogens with zero attached hydrogens (tertiary/aromatic N) is 2. The van der Waals surface area contributed by atoms with Crippen molar-refractivity contribution >= 4 is 45.1 Å². The topological polar surface area (TPSA) is 110 Å². The van der Waals surface area contributed by atoms with Gasteiger partial charge in [0.2, 0.25) is 5.78 Å². The quantitative estimate of drug-likeness (QED) is 0.251. The average Bonchev–Trinajstić information content (AvgIpc) is 3.57. The highest BCUT2D eigenvalue weighted by Gasteiger charge is 2.47. The summed E-state index contributed by atoms with van der Waals surface area (Å²) in [5, 5.41) is 11.9. The SMILES string of the molecule is COC(=O)c1sc(N2C(=O)C(O)=C(C(=O)c3cc4ccccc4o3)C2c2ccc(C(C)C)cc2)nc1C. The van der Waals surface area contributed by atoms with Crippen LogP contribution >= 0.6 is 11.3 Å². The van der Waals surface area contributed by atoms with Crippen LogP contribution < -0.4 is 4.90 Å². The van der Waals surface area contributed by atoms with Gasteiger partial charge in [-0.3, -0.25) is 14.5 Å². The van der Waals surface area contributed by atoms with Crippen molar-refractivity contribution in [2.45, 2.75) is 32.7 Å². The number of esters is 1. The molecule has 0 saturated carbocycles. The Morgan fingerprint density at radius 2 is 1.84 bits per heavy atom. The number of aliphatic hydroxyl groups excluding tert-OH is 1. The third-order valence-corrected chi connectivity index (χ3v) is 7.52. The highest BCUT2D eigenvalue weighted by molar-refractivity contribution is 7.17. The second-order valence-electron chi connectivity index (χ2n) is 9.04. The number of aliphatic hydroxyl groups is 1. The van der Waals surface area contributed by atoms with Gasteiger partial charge in [-0.1, -0.05) is 67.6 Å². The lowest BCUT2D eigenvalue weighted by atomic mass is 9.93. The molecular weight excluding hydrogens is 492 g/mol. The van der Waals surface area contributed by atoms with E-state index in [0.29, 0.717) is 16.8 Å². The number of methoxy groups -OCH3 is 1. The number of ketones is 1. The van der Waals surface area contributed by atoms with E-state index < -0.39 is 29.5 Å². The number of para-hydroxylation sites is 1. The number of ether oxygens (including phenoxy) is 1. The van der Waals surface area contributed by atoms with Crippen LogP contribution in [-0.4, -0.2) is 34.9 Å². The fourth-order valence-electron chi connectivity index (χ4n) is 4.41. The molecule has 3 heterocycles. The third-order valence-electron chi connectivity index (χ3n) is 6.38. The lowest BCUT2D eigenvalue weighted by molar-refractivity contribution is -0.117. The van der Waals surface area contributed by atoms with Crippen molar-refractivity contribution in [1.82, 2.24) is 4.98 Å². The Morgan fingerprint density at radius 1 is 1.14 bits per heavy atom. The van der Waals surface area contributed by atoms with Gasteiger partial charge in [-0.2, -0.15) is 0 Å². The Balaban J connectivity index is 1.65. The van der Waals surface area contributed by atoms with E-state index in [-0.39, 0.29) is 27.3 Å². The number of benzene rings is 2. The number of hydrogen-bond donors (Lipinski definition) is 1. The zero-order valence-electron chi connectivity index (χ0n) is 20.6. The number of hydrogen-bond acceptors (Lipinski definition) is 8. The molecule has 0 bridgehead atoms. The Labute approximate surface area is 216 Å². The molecule has 1 aliphatic rings. The zero-order valence-corrected chi connectivity index (χ0v) is 21.5. The first kappa shape index (κ1) is 24.5. The van der Waals surface area contributed by atoms with Gasteiger partial charge in [0.25, 0.3) is 5.91 Å². The van der Waals surface area contributed by atoms with Crippen LogP contribution in [0.4, 0.5) is 5.13 Å². The predicted octanol–water partition coefficient (Wildman–Crippen LogP) is 5.89. The molecule has 2 aromatic heterocycles. The van der Waals surface area contributed by atoms with Gasteiger partial charge < -0.3 is 14.3 Å². The molecule has 0 spiro atoms. The lowest BCUT2D eigenvalue weighted by Crippen LogP contribution is -2.31. The summed E-state index contributed by atoms with van der Waals surface area (Å²) in [6.07, 6.45) is 0. The number of Topliss-reactive ketones (excluding diaryl/α,β-unsaturated/α-hetero) is 1. The first-order valence-electron chi connectivity index (χ1n) is 11.7. The summed E-state index contributed by atoms with van der Waals surface area (Å²) < 4.78 is 10.6. The number of furan rings is 1. The fraction of sp³-hybridized carbons (Fsp3) is 0.214. The molecule has 0 radical (unpaired) electrons. The van der Waals surface area contributed by atoms with Crippen LogP contribution in [0.15, 0.2) is 70.3 Å². The Morgan fingerprint density at radius 3 is 2.49 bits per heavy atom. The predicted molar refractivity (Wildman–Crippen MR) is 139 cm³/mol. The summed E-state index contributed by atoms with van der Waals surface area (Å²) in [6.45, 7) is 5.76. The first-order valence-corrected chi connectivity index (χ1v) is 12.5. The summed E-state index contributed by atoms with van der Waals surface area (Å²) in [5.74, 6) is -2.38. The van der Waals surface area contributed by atoms with Crippen LogP contribution in [-0.2, 0) is 9.53 Å². The normalized spacial score (nSPS) is 15.8. The van der Waals surface area contributed by atoms with E-state index in [1.165, 1.54) is 12.0 Å². The van der Waals surface area contributed by atoms with Gasteiger partial charge in [0.05, 0.1) is 24.4 Å². The minimum Gasteiger partial charge on any atom is -0.503 e. The van der Waals surface area contributed by atoms with E-state index in [2.05, 4.69) is 18.8 Å². The van der Waals surface area contributed by atoms with Crippen LogP contribution in [0.5, 0.6) is 0 Å². The van der Waals surface area contributed by atoms with Gasteiger partial charge in [-0.25, -0.2) is 9.78 Å². The van der Waals surface area contributed by atoms with Crippen LogP contribution in [0.25, 0.3) is 11.0 Å². The number of carbonyl (C=O) groups excluding carboxylic acids is 3. The van der Waals surface area contributed by atoms with E-state index in [1.54, 1.807) is 25.1 Å². The standard InChI is InChI=1S/C28H24N2O6S/c1-14(2)16-9-11-17(12-10-16)22-21(23(31)20-13-18-7-5-6-8-19(18)36-20)24(32)26(33)30(22)28-29-15(3)25(37-28)27(34)35-4/h5-14,22,32H,1-4H3. The molecule has 188 valence electrons. The van der Waals surface area contributed by atoms with Crippen molar-refractivity contribution in [3.63, 3.8) is 0 Å². The zero-order chi connectivity index (χ0) is 26.4. The van der Waals surface area contributed by atoms with E-state index in [0.717, 1.165) is 22.3 Å².